The molecule has 0 unspecified atom stereocenters. The predicted molar refractivity (Wildman–Crippen MR) is 65.4 cm³/mol. The van der Waals surface area contributed by atoms with E-state index in [-0.39, 0.29) is 11.1 Å². The highest BCUT2D eigenvalue weighted by Crippen LogP contribution is 2.44. The molecule has 1 N–H and O–H groups in total. The number of halogens is 5. The van der Waals surface area contributed by atoms with Crippen LogP contribution in [0.1, 0.15) is 24.3 Å². The van der Waals surface area contributed by atoms with Gasteiger partial charge in [0.25, 0.3) is 5.89 Å². The Labute approximate surface area is 116 Å². The van der Waals surface area contributed by atoms with Gasteiger partial charge in [0.15, 0.2) is 5.58 Å². The Hall–Kier alpha value is -1.86. The van der Waals surface area contributed by atoms with E-state index >= 15 is 0 Å². The summed E-state index contributed by atoms with van der Waals surface area (Å²) in [6, 6.07) is 2.93. The molecule has 0 aliphatic carbocycles. The molecule has 0 amide bonds. The number of anilines is 1. The molecule has 0 bridgehead atoms. The lowest BCUT2D eigenvalue weighted by Crippen LogP contribution is -2.33. The first-order chi connectivity index (χ1) is 9.79. The number of nitrogens with zero attached hydrogens (tertiary/aromatic N) is 1. The smallest absolute Gasteiger partial charge is 0.435 e. The van der Waals surface area contributed by atoms with E-state index in [4.69, 9.17) is 0 Å². The van der Waals surface area contributed by atoms with Gasteiger partial charge in [-0.2, -0.15) is 22.0 Å². The number of alkyl halides is 5. The van der Waals surface area contributed by atoms with Crippen molar-refractivity contribution < 1.29 is 26.4 Å². The van der Waals surface area contributed by atoms with Crippen LogP contribution in [0.4, 0.5) is 27.6 Å². The van der Waals surface area contributed by atoms with Crippen molar-refractivity contribution in [3.63, 3.8) is 0 Å². The number of rotatable bonds is 1. The average Bonchev–Trinajstić information content (AvgIpc) is 2.66. The van der Waals surface area contributed by atoms with E-state index in [1.165, 1.54) is 12.1 Å². The molecular weight excluding hydrogens is 295 g/mol. The van der Waals surface area contributed by atoms with Crippen LogP contribution in [0.2, 0.25) is 0 Å². The first-order valence-corrected chi connectivity index (χ1v) is 6.41. The second-order valence-corrected chi connectivity index (χ2v) is 4.95. The summed E-state index contributed by atoms with van der Waals surface area (Å²) in [5.74, 6) is -6.72. The number of benzene rings is 1. The molecule has 0 saturated heterocycles. The largest absolute Gasteiger partial charge is 0.463 e. The molecule has 3 rings (SSSR count). The zero-order chi connectivity index (χ0) is 15.3. The topological polar surface area (TPSA) is 38.1 Å². The van der Waals surface area contributed by atoms with Gasteiger partial charge in [0.05, 0.1) is 0 Å². The highest BCUT2D eigenvalue weighted by molar-refractivity contribution is 5.80. The van der Waals surface area contributed by atoms with Gasteiger partial charge < -0.3 is 9.73 Å². The zero-order valence-corrected chi connectivity index (χ0v) is 10.7. The van der Waals surface area contributed by atoms with Crippen molar-refractivity contribution in [1.82, 2.24) is 4.98 Å². The van der Waals surface area contributed by atoms with E-state index < -0.39 is 18.0 Å². The number of aryl methyl sites for hydroxylation is 1. The number of hydrogen-bond acceptors (Lipinski definition) is 3. The molecule has 0 atom stereocenters. The standard InChI is InChI=1S/C13H11F5N2O/c14-12(15,13(16,17)18)11-20-9-5-7-3-1-2-4-19-8(7)6-10(9)21-11/h5-6,19H,1-4H2. The van der Waals surface area contributed by atoms with Crippen LogP contribution in [0, 0.1) is 0 Å². The van der Waals surface area contributed by atoms with Crippen molar-refractivity contribution in [3.05, 3.63) is 23.6 Å². The van der Waals surface area contributed by atoms with Gasteiger partial charge in [0, 0.05) is 18.3 Å². The maximum atomic E-state index is 13.2. The van der Waals surface area contributed by atoms with Crippen LogP contribution in [-0.4, -0.2) is 17.7 Å². The Morgan fingerprint density at radius 3 is 2.57 bits per heavy atom. The lowest BCUT2D eigenvalue weighted by Gasteiger charge is -2.15. The molecular formula is C13H11F5N2O. The van der Waals surface area contributed by atoms with E-state index in [9.17, 15) is 22.0 Å². The summed E-state index contributed by atoms with van der Waals surface area (Å²) in [5.41, 5.74) is 1.46. The van der Waals surface area contributed by atoms with Crippen LogP contribution in [0.5, 0.6) is 0 Å². The van der Waals surface area contributed by atoms with Crippen molar-refractivity contribution in [2.45, 2.75) is 31.4 Å². The first kappa shape index (κ1) is 14.1. The van der Waals surface area contributed by atoms with Crippen LogP contribution in [0.3, 0.4) is 0 Å². The highest BCUT2D eigenvalue weighted by Gasteiger charge is 2.62. The van der Waals surface area contributed by atoms with Gasteiger partial charge in [-0.25, -0.2) is 4.98 Å². The summed E-state index contributed by atoms with van der Waals surface area (Å²) in [4.78, 5) is 3.33. The minimum absolute atomic E-state index is 0.0105. The van der Waals surface area contributed by atoms with E-state index in [2.05, 4.69) is 14.7 Å². The molecule has 2 heterocycles. The maximum absolute atomic E-state index is 13.2. The predicted octanol–water partition coefficient (Wildman–Crippen LogP) is 4.23. The lowest BCUT2D eigenvalue weighted by atomic mass is 10.1. The Balaban J connectivity index is 2.09. The third-order valence-electron chi connectivity index (χ3n) is 3.43. The summed E-state index contributed by atoms with van der Waals surface area (Å²) < 4.78 is 68.2. The van der Waals surface area contributed by atoms with Crippen molar-refractivity contribution in [3.8, 4) is 0 Å². The normalized spacial score (nSPS) is 16.4. The number of fused-ring (bicyclic) bond motifs is 2. The third kappa shape index (κ3) is 2.32. The van der Waals surface area contributed by atoms with E-state index in [0.717, 1.165) is 31.4 Å². The molecule has 114 valence electrons. The first-order valence-electron chi connectivity index (χ1n) is 6.41. The van der Waals surface area contributed by atoms with Crippen molar-refractivity contribution in [2.24, 2.45) is 0 Å². The van der Waals surface area contributed by atoms with Gasteiger partial charge in [-0.1, -0.05) is 0 Å². The SMILES string of the molecule is FC(F)(F)C(F)(F)c1nc2cc3c(cc2o1)NCCCC3. The van der Waals surface area contributed by atoms with Gasteiger partial charge in [0.2, 0.25) is 0 Å². The van der Waals surface area contributed by atoms with Crippen molar-refractivity contribution in [2.75, 3.05) is 11.9 Å². The Morgan fingerprint density at radius 1 is 1.10 bits per heavy atom. The molecule has 1 aliphatic heterocycles. The molecule has 0 radical (unpaired) electrons. The second kappa shape index (κ2) is 4.57. The number of aromatic nitrogens is 1. The summed E-state index contributed by atoms with van der Waals surface area (Å²) >= 11 is 0. The summed E-state index contributed by atoms with van der Waals surface area (Å²) in [6.07, 6.45) is -3.14. The Bertz CT molecular complexity index is 634. The highest BCUT2D eigenvalue weighted by atomic mass is 19.4. The average molecular weight is 306 g/mol. The fourth-order valence-corrected chi connectivity index (χ4v) is 2.31. The molecule has 21 heavy (non-hydrogen) atoms. The molecule has 1 aromatic heterocycles. The lowest BCUT2D eigenvalue weighted by molar-refractivity contribution is -0.297. The number of oxazole rings is 1. The monoisotopic (exact) mass is 306 g/mol. The molecule has 1 aliphatic rings. The molecule has 1 aromatic carbocycles. The fraction of sp³-hybridized carbons (Fsp3) is 0.462. The summed E-state index contributed by atoms with van der Waals surface area (Å²) in [6.45, 7) is 0.720. The minimum atomic E-state index is -5.73. The van der Waals surface area contributed by atoms with Crippen LogP contribution < -0.4 is 5.32 Å². The molecule has 3 nitrogen and oxygen atoms in total. The fourth-order valence-electron chi connectivity index (χ4n) is 2.31. The quantitative estimate of drug-likeness (QED) is 0.801. The second-order valence-electron chi connectivity index (χ2n) is 4.95. The molecule has 0 spiro atoms. The van der Waals surface area contributed by atoms with Crippen LogP contribution in [-0.2, 0) is 12.3 Å². The van der Waals surface area contributed by atoms with Gasteiger partial charge in [-0.3, -0.25) is 0 Å². The zero-order valence-electron chi connectivity index (χ0n) is 10.7. The number of hydrogen-bond donors (Lipinski definition) is 1. The summed E-state index contributed by atoms with van der Waals surface area (Å²) in [5, 5.41) is 3.10. The Morgan fingerprint density at radius 2 is 1.86 bits per heavy atom. The number of nitrogens with one attached hydrogen (secondary N) is 1. The molecule has 0 saturated carbocycles. The van der Waals surface area contributed by atoms with Gasteiger partial charge in [0.1, 0.15) is 5.52 Å². The minimum Gasteiger partial charge on any atom is -0.435 e. The summed E-state index contributed by atoms with van der Waals surface area (Å²) in [7, 11) is 0. The molecule has 2 aromatic rings. The van der Waals surface area contributed by atoms with Crippen LogP contribution in [0.15, 0.2) is 16.5 Å². The molecule has 0 fully saturated rings. The van der Waals surface area contributed by atoms with Crippen LogP contribution >= 0.6 is 0 Å². The van der Waals surface area contributed by atoms with Gasteiger partial charge in [-0.15, -0.1) is 0 Å². The van der Waals surface area contributed by atoms with Crippen LogP contribution in [0.25, 0.3) is 11.1 Å². The van der Waals surface area contributed by atoms with E-state index in [1.807, 2.05) is 0 Å². The van der Waals surface area contributed by atoms with Crippen molar-refractivity contribution in [1.29, 1.82) is 0 Å². The third-order valence-corrected chi connectivity index (χ3v) is 3.43. The van der Waals surface area contributed by atoms with Crippen molar-refractivity contribution >= 4 is 16.8 Å². The molecule has 8 heteroatoms. The van der Waals surface area contributed by atoms with E-state index in [0.29, 0.717) is 5.69 Å². The van der Waals surface area contributed by atoms with Gasteiger partial charge in [-0.05, 0) is 30.9 Å². The Kier molecular flexibility index (Phi) is 3.07. The maximum Gasteiger partial charge on any atom is 0.463 e. The van der Waals surface area contributed by atoms with Gasteiger partial charge >= 0.3 is 12.1 Å². The van der Waals surface area contributed by atoms with E-state index in [1.54, 1.807) is 0 Å².